The van der Waals surface area contributed by atoms with Gasteiger partial charge in [0, 0.05) is 10.7 Å². The molecule has 0 aliphatic carbocycles. The lowest BCUT2D eigenvalue weighted by Crippen LogP contribution is -2.27. The van der Waals surface area contributed by atoms with Crippen molar-refractivity contribution < 1.29 is 8.42 Å². The highest BCUT2D eigenvalue weighted by atomic mass is 35.7. The molecule has 0 fully saturated rings. The maximum atomic E-state index is 10.7. The number of rotatable bonds is 1. The molecule has 9 heteroatoms. The van der Waals surface area contributed by atoms with Crippen LogP contribution < -0.4 is 11.2 Å². The van der Waals surface area contributed by atoms with Crippen LogP contribution in [0, 0.1) is 0 Å². The molecule has 0 saturated heterocycles. The minimum Gasteiger partial charge on any atom is -0.270 e. The molecule has 0 atom stereocenters. The van der Waals surface area contributed by atoms with Crippen LogP contribution in [0.4, 0.5) is 0 Å². The molecular formula is C3H2ClN3O4S. The maximum absolute atomic E-state index is 10.7. The van der Waals surface area contributed by atoms with Crippen LogP contribution in [0.1, 0.15) is 0 Å². The first-order valence-corrected chi connectivity index (χ1v) is 4.86. The molecule has 7 nitrogen and oxygen atoms in total. The van der Waals surface area contributed by atoms with E-state index >= 15 is 0 Å². The molecule has 0 unspecified atom stereocenters. The highest BCUT2D eigenvalue weighted by Gasteiger charge is 2.16. The highest BCUT2D eigenvalue weighted by Crippen LogP contribution is 2.02. The van der Waals surface area contributed by atoms with Gasteiger partial charge in [0.15, 0.2) is 0 Å². The van der Waals surface area contributed by atoms with Crippen LogP contribution in [0.15, 0.2) is 14.6 Å². The van der Waals surface area contributed by atoms with E-state index in [1.54, 1.807) is 10.1 Å². The third-order valence-corrected chi connectivity index (χ3v) is 2.09. The molecular weight excluding hydrogens is 210 g/mol. The molecule has 0 radical (unpaired) electrons. The third kappa shape index (κ3) is 1.71. The van der Waals surface area contributed by atoms with Gasteiger partial charge in [-0.3, -0.25) is 9.78 Å². The molecule has 1 aromatic heterocycles. The average Bonchev–Trinajstić information content (AvgIpc) is 1.83. The lowest BCUT2D eigenvalue weighted by molar-refractivity contribution is 0.599. The van der Waals surface area contributed by atoms with Crippen LogP contribution in [0.5, 0.6) is 0 Å². The van der Waals surface area contributed by atoms with Gasteiger partial charge in [0.2, 0.25) is 0 Å². The molecule has 0 aliphatic rings. The Kier molecular flexibility index (Phi) is 2.02. The van der Waals surface area contributed by atoms with Gasteiger partial charge in [-0.15, -0.1) is 0 Å². The fourth-order valence-electron chi connectivity index (χ4n) is 0.502. The average molecular weight is 212 g/mol. The minimum absolute atomic E-state index is 0.899. The molecule has 0 saturated carbocycles. The van der Waals surface area contributed by atoms with Crippen molar-refractivity contribution in [1.82, 2.24) is 15.2 Å². The summed E-state index contributed by atoms with van der Waals surface area (Å²) in [6, 6.07) is 0. The number of nitrogens with zero attached hydrogens (tertiary/aromatic N) is 1. The Balaban J connectivity index is 3.61. The summed E-state index contributed by atoms with van der Waals surface area (Å²) in [6.07, 6.45) is 0. The van der Waals surface area contributed by atoms with Crippen molar-refractivity contribution in [2.75, 3.05) is 0 Å². The second kappa shape index (κ2) is 2.72. The Morgan fingerprint density at radius 1 is 1.33 bits per heavy atom. The Hall–Kier alpha value is -1.15. The van der Waals surface area contributed by atoms with Crippen LogP contribution in [0.2, 0.25) is 0 Å². The van der Waals surface area contributed by atoms with E-state index in [0.717, 1.165) is 0 Å². The zero-order valence-corrected chi connectivity index (χ0v) is 6.94. The highest BCUT2D eigenvalue weighted by molar-refractivity contribution is 8.13. The molecule has 1 rings (SSSR count). The Bertz CT molecular complexity index is 499. The van der Waals surface area contributed by atoms with E-state index in [2.05, 4.69) is 5.10 Å². The normalized spacial score (nSPS) is 11.4. The Morgan fingerprint density at radius 3 is 2.33 bits per heavy atom. The smallest absolute Gasteiger partial charge is 0.270 e. The van der Waals surface area contributed by atoms with Crippen LogP contribution in [-0.2, 0) is 9.05 Å². The first-order valence-electron chi connectivity index (χ1n) is 2.55. The van der Waals surface area contributed by atoms with Gasteiger partial charge in [-0.1, -0.05) is 0 Å². The molecule has 0 aliphatic heterocycles. The molecule has 0 bridgehead atoms. The second-order valence-electron chi connectivity index (χ2n) is 1.75. The second-order valence-corrected chi connectivity index (χ2v) is 4.23. The van der Waals surface area contributed by atoms with Gasteiger partial charge >= 0.3 is 5.69 Å². The largest absolute Gasteiger partial charge is 0.342 e. The molecule has 0 spiro atoms. The SMILES string of the molecule is O=c1[nH]nc(S(=O)(=O)Cl)c(=O)[nH]1. The fourth-order valence-corrected chi connectivity index (χ4v) is 1.24. The van der Waals surface area contributed by atoms with E-state index < -0.39 is 25.3 Å². The lowest BCUT2D eigenvalue weighted by atomic mass is 10.8. The van der Waals surface area contributed by atoms with Crippen molar-refractivity contribution in [3.8, 4) is 0 Å². The molecule has 66 valence electrons. The number of nitrogens with one attached hydrogen (secondary N) is 2. The summed E-state index contributed by atoms with van der Waals surface area (Å²) in [7, 11) is 0.581. The number of H-pyrrole nitrogens is 2. The van der Waals surface area contributed by atoms with Crippen LogP contribution >= 0.6 is 10.7 Å². The summed E-state index contributed by atoms with van der Waals surface area (Å²) in [5.74, 6) is 0. The zero-order chi connectivity index (χ0) is 9.35. The lowest BCUT2D eigenvalue weighted by Gasteiger charge is -1.89. The molecule has 12 heavy (non-hydrogen) atoms. The van der Waals surface area contributed by atoms with Gasteiger partial charge < -0.3 is 0 Å². The van der Waals surface area contributed by atoms with E-state index in [4.69, 9.17) is 10.7 Å². The minimum atomic E-state index is -4.20. The summed E-state index contributed by atoms with van der Waals surface area (Å²) in [6.45, 7) is 0. The molecule has 1 aromatic rings. The van der Waals surface area contributed by atoms with Crippen molar-refractivity contribution in [2.24, 2.45) is 0 Å². The number of aromatic nitrogens is 3. The molecule has 1 heterocycles. The Labute approximate surface area is 69.8 Å². The standard InChI is InChI=1S/C3H2ClN3O4S/c4-12(10,11)2-1(8)5-3(9)7-6-2/h(H2,5,7,8,9). The molecule has 0 amide bonds. The van der Waals surface area contributed by atoms with Gasteiger partial charge in [-0.25, -0.2) is 18.3 Å². The van der Waals surface area contributed by atoms with E-state index in [9.17, 15) is 18.0 Å². The van der Waals surface area contributed by atoms with Crippen molar-refractivity contribution >= 4 is 19.7 Å². The summed E-state index contributed by atoms with van der Waals surface area (Å²) in [5, 5.41) is 3.74. The predicted octanol–water partition coefficient (Wildman–Crippen LogP) is -1.61. The maximum Gasteiger partial charge on any atom is 0.342 e. The van der Waals surface area contributed by atoms with Crippen molar-refractivity contribution in [1.29, 1.82) is 0 Å². The van der Waals surface area contributed by atoms with Gasteiger partial charge in [0.1, 0.15) is 0 Å². The summed E-state index contributed by atoms with van der Waals surface area (Å²) < 4.78 is 21.1. The van der Waals surface area contributed by atoms with Gasteiger partial charge in [0.05, 0.1) is 0 Å². The van der Waals surface area contributed by atoms with Crippen molar-refractivity contribution in [3.63, 3.8) is 0 Å². The van der Waals surface area contributed by atoms with Crippen LogP contribution in [-0.4, -0.2) is 23.6 Å². The fraction of sp³-hybridized carbons (Fsp3) is 0. The van der Waals surface area contributed by atoms with Gasteiger partial charge in [-0.05, 0) is 0 Å². The summed E-state index contributed by atoms with van der Waals surface area (Å²) >= 11 is 0. The topological polar surface area (TPSA) is 113 Å². The first kappa shape index (κ1) is 8.94. The quantitative estimate of drug-likeness (QED) is 0.543. The predicted molar refractivity (Wildman–Crippen MR) is 38.5 cm³/mol. The van der Waals surface area contributed by atoms with Gasteiger partial charge in [0.25, 0.3) is 19.6 Å². The monoisotopic (exact) mass is 211 g/mol. The van der Waals surface area contributed by atoms with Gasteiger partial charge in [-0.2, -0.15) is 5.10 Å². The third-order valence-electron chi connectivity index (χ3n) is 0.911. The van der Waals surface area contributed by atoms with Crippen molar-refractivity contribution in [2.45, 2.75) is 5.03 Å². The van der Waals surface area contributed by atoms with E-state index in [1.165, 1.54) is 0 Å². The summed E-state index contributed by atoms with van der Waals surface area (Å²) in [4.78, 5) is 22.7. The van der Waals surface area contributed by atoms with E-state index in [1.807, 2.05) is 0 Å². The van der Waals surface area contributed by atoms with E-state index in [-0.39, 0.29) is 0 Å². The Morgan fingerprint density at radius 2 is 1.92 bits per heavy atom. The van der Waals surface area contributed by atoms with Crippen molar-refractivity contribution in [3.05, 3.63) is 20.8 Å². The summed E-state index contributed by atoms with van der Waals surface area (Å²) in [5.41, 5.74) is -2.04. The van der Waals surface area contributed by atoms with Crippen LogP contribution in [0.25, 0.3) is 0 Å². The van der Waals surface area contributed by atoms with E-state index in [0.29, 0.717) is 0 Å². The zero-order valence-electron chi connectivity index (χ0n) is 5.37. The number of aromatic amines is 2. The van der Waals surface area contributed by atoms with Crippen LogP contribution in [0.3, 0.4) is 0 Å². The molecule has 2 N–H and O–H groups in total. The number of hydrogen-bond donors (Lipinski definition) is 2. The number of hydrogen-bond acceptors (Lipinski definition) is 5. The first-order chi connectivity index (χ1) is 5.41. The molecule has 0 aromatic carbocycles. The number of halogens is 1.